The zero-order valence-electron chi connectivity index (χ0n) is 23.4. The van der Waals surface area contributed by atoms with Crippen molar-refractivity contribution in [2.45, 2.75) is 69.4 Å². The van der Waals surface area contributed by atoms with Crippen LogP contribution in [0, 0.1) is 11.8 Å². The molecule has 0 saturated heterocycles. The number of carbonyl (C=O) groups excluding carboxylic acids is 1. The lowest BCUT2D eigenvalue weighted by Gasteiger charge is -2.35. The number of hydrogen-bond acceptors (Lipinski definition) is 6. The maximum absolute atomic E-state index is 13.4. The molecule has 1 aliphatic heterocycles. The highest BCUT2D eigenvalue weighted by molar-refractivity contribution is 7.92. The molecular formula is C30H43N3O5S. The van der Waals surface area contributed by atoms with Crippen LogP contribution in [0.4, 0.5) is 5.69 Å². The van der Waals surface area contributed by atoms with Gasteiger partial charge in [0.15, 0.2) is 0 Å². The normalized spacial score (nSPS) is 21.9. The van der Waals surface area contributed by atoms with E-state index < -0.39 is 10.0 Å². The lowest BCUT2D eigenvalue weighted by atomic mass is 9.89. The molecule has 1 fully saturated rings. The van der Waals surface area contributed by atoms with Crippen molar-refractivity contribution in [2.75, 3.05) is 38.0 Å². The molecule has 0 spiro atoms. The van der Waals surface area contributed by atoms with Crippen molar-refractivity contribution >= 4 is 21.6 Å². The van der Waals surface area contributed by atoms with Gasteiger partial charge in [-0.2, -0.15) is 0 Å². The van der Waals surface area contributed by atoms with Gasteiger partial charge in [-0.25, -0.2) is 8.42 Å². The molecule has 9 heteroatoms. The van der Waals surface area contributed by atoms with Crippen LogP contribution in [0.15, 0.2) is 53.4 Å². The first-order valence-corrected chi connectivity index (χ1v) is 15.6. The number of ether oxygens (including phenoxy) is 1. The van der Waals surface area contributed by atoms with Crippen molar-refractivity contribution < 1.29 is 23.1 Å². The number of aliphatic hydroxyl groups excluding tert-OH is 1. The van der Waals surface area contributed by atoms with E-state index in [0.717, 1.165) is 13.1 Å². The van der Waals surface area contributed by atoms with Crippen LogP contribution in [0.3, 0.4) is 0 Å². The quantitative estimate of drug-likeness (QED) is 0.481. The highest BCUT2D eigenvalue weighted by atomic mass is 32.2. The van der Waals surface area contributed by atoms with Gasteiger partial charge in [0.1, 0.15) is 11.9 Å². The third-order valence-corrected chi connectivity index (χ3v) is 9.41. The fraction of sp³-hybridized carbons (Fsp3) is 0.567. The Bertz CT molecular complexity index is 1200. The fourth-order valence-corrected chi connectivity index (χ4v) is 6.79. The molecule has 2 N–H and O–H groups in total. The minimum atomic E-state index is -3.78. The Morgan fingerprint density at radius 3 is 2.51 bits per heavy atom. The van der Waals surface area contributed by atoms with Crippen molar-refractivity contribution in [3.05, 3.63) is 54.1 Å². The monoisotopic (exact) mass is 557 g/mol. The molecule has 1 saturated carbocycles. The van der Waals surface area contributed by atoms with Crippen LogP contribution >= 0.6 is 0 Å². The number of sulfonamides is 1. The summed E-state index contributed by atoms with van der Waals surface area (Å²) in [6.45, 7) is 6.03. The molecular weight excluding hydrogens is 514 g/mol. The Kier molecular flexibility index (Phi) is 9.91. The van der Waals surface area contributed by atoms with Gasteiger partial charge in [-0.1, -0.05) is 44.4 Å². The number of hydrogen-bond donors (Lipinski definition) is 2. The molecule has 2 aliphatic rings. The van der Waals surface area contributed by atoms with Gasteiger partial charge >= 0.3 is 0 Å². The molecule has 1 heterocycles. The number of rotatable bonds is 9. The summed E-state index contributed by atoms with van der Waals surface area (Å²) >= 11 is 0. The fourth-order valence-electron chi connectivity index (χ4n) is 5.72. The number of amides is 1. The second-order valence-corrected chi connectivity index (χ2v) is 13.0. The predicted octanol–water partition coefficient (Wildman–Crippen LogP) is 4.15. The summed E-state index contributed by atoms with van der Waals surface area (Å²) in [6.07, 6.45) is 6.35. The Hall–Kier alpha value is -2.62. The first kappa shape index (κ1) is 29.4. The van der Waals surface area contributed by atoms with E-state index in [1.807, 2.05) is 6.92 Å². The van der Waals surface area contributed by atoms with E-state index in [9.17, 15) is 18.3 Å². The summed E-state index contributed by atoms with van der Waals surface area (Å²) in [4.78, 5) is 17.7. The zero-order valence-corrected chi connectivity index (χ0v) is 24.2. The van der Waals surface area contributed by atoms with E-state index >= 15 is 0 Å². The second-order valence-electron chi connectivity index (χ2n) is 11.4. The lowest BCUT2D eigenvalue weighted by molar-refractivity contribution is -0.134. The highest BCUT2D eigenvalue weighted by Gasteiger charge is 2.31. The molecule has 2 aromatic rings. The van der Waals surface area contributed by atoms with E-state index in [2.05, 4.69) is 23.6 Å². The molecule has 0 bridgehead atoms. The summed E-state index contributed by atoms with van der Waals surface area (Å²) in [7, 11) is -1.64. The molecule has 0 aromatic heterocycles. The van der Waals surface area contributed by atoms with E-state index in [1.165, 1.54) is 44.2 Å². The summed E-state index contributed by atoms with van der Waals surface area (Å²) in [5.41, 5.74) is 0.992. The first-order valence-electron chi connectivity index (χ1n) is 14.1. The Balaban J connectivity index is 1.60. The van der Waals surface area contributed by atoms with Gasteiger partial charge in [0, 0.05) is 36.8 Å². The maximum Gasteiger partial charge on any atom is 0.261 e. The lowest BCUT2D eigenvalue weighted by Crippen LogP contribution is -2.48. The number of fused-ring (bicyclic) bond motifs is 1. The molecule has 8 nitrogen and oxygen atoms in total. The molecule has 4 rings (SSSR count). The molecule has 0 unspecified atom stereocenters. The van der Waals surface area contributed by atoms with Crippen LogP contribution in [0.1, 0.15) is 51.5 Å². The highest BCUT2D eigenvalue weighted by Crippen LogP contribution is 2.31. The van der Waals surface area contributed by atoms with Gasteiger partial charge in [0.2, 0.25) is 5.91 Å². The van der Waals surface area contributed by atoms with Gasteiger partial charge in [0.05, 0.1) is 24.0 Å². The van der Waals surface area contributed by atoms with Crippen molar-refractivity contribution in [1.82, 2.24) is 9.80 Å². The van der Waals surface area contributed by atoms with E-state index in [1.54, 1.807) is 41.3 Å². The largest absolute Gasteiger partial charge is 0.488 e. The first-order chi connectivity index (χ1) is 18.7. The molecule has 3 atom stereocenters. The zero-order chi connectivity index (χ0) is 28.0. The molecule has 1 aliphatic carbocycles. The number of benzene rings is 2. The van der Waals surface area contributed by atoms with Crippen LogP contribution in [0.2, 0.25) is 0 Å². The van der Waals surface area contributed by atoms with Gasteiger partial charge in [-0.3, -0.25) is 9.52 Å². The number of nitrogens with one attached hydrogen (secondary N) is 1. The van der Waals surface area contributed by atoms with Crippen LogP contribution in [0.5, 0.6) is 5.75 Å². The molecule has 2 aromatic carbocycles. The molecule has 0 radical (unpaired) electrons. The van der Waals surface area contributed by atoms with Crippen LogP contribution in [-0.4, -0.2) is 74.7 Å². The van der Waals surface area contributed by atoms with Crippen LogP contribution < -0.4 is 9.46 Å². The van der Waals surface area contributed by atoms with Crippen LogP contribution in [-0.2, 0) is 21.2 Å². The van der Waals surface area contributed by atoms with Crippen molar-refractivity contribution in [1.29, 1.82) is 0 Å². The van der Waals surface area contributed by atoms with Crippen molar-refractivity contribution in [3.8, 4) is 5.75 Å². The number of aliphatic hydroxyl groups is 1. The minimum absolute atomic E-state index is 0.0268. The molecule has 39 heavy (non-hydrogen) atoms. The number of likely N-dealkylation sites (N-methyl/N-ethyl adjacent to an activating group) is 1. The van der Waals surface area contributed by atoms with Gasteiger partial charge in [-0.05, 0) is 63.1 Å². The standard InChI is InChI=1S/C30H43N3O5S/c1-22-18-33(23(2)21-34)30(35)17-25-16-26(31-39(36,37)27-12-8-5-9-13-27)14-15-28(25)38-29(22)20-32(3)19-24-10-6-4-7-11-24/h5,8-9,12-16,22-24,29,31,34H,4,6-7,10-11,17-21H2,1-3H3/t22-,23-,29+/m0/s1. The van der Waals surface area contributed by atoms with Crippen LogP contribution in [0.25, 0.3) is 0 Å². The summed E-state index contributed by atoms with van der Waals surface area (Å²) in [6, 6.07) is 13.0. The van der Waals surface area contributed by atoms with Crippen molar-refractivity contribution in [2.24, 2.45) is 11.8 Å². The number of anilines is 1. The predicted molar refractivity (Wildman–Crippen MR) is 153 cm³/mol. The third-order valence-electron chi connectivity index (χ3n) is 8.01. The van der Waals surface area contributed by atoms with Crippen molar-refractivity contribution in [3.63, 3.8) is 0 Å². The average Bonchev–Trinajstić information content (AvgIpc) is 2.96. The number of nitrogens with zero attached hydrogens (tertiary/aromatic N) is 2. The second kappa shape index (κ2) is 13.2. The minimum Gasteiger partial charge on any atom is -0.488 e. The maximum atomic E-state index is 13.4. The Morgan fingerprint density at radius 2 is 1.82 bits per heavy atom. The molecule has 1 amide bonds. The Labute approximate surface area is 233 Å². The van der Waals surface area contributed by atoms with Gasteiger partial charge < -0.3 is 19.6 Å². The average molecular weight is 558 g/mol. The van der Waals surface area contributed by atoms with Gasteiger partial charge in [0.25, 0.3) is 10.0 Å². The summed E-state index contributed by atoms with van der Waals surface area (Å²) in [5.74, 6) is 1.20. The SMILES string of the molecule is C[C@H]1CN([C@@H](C)CO)C(=O)Cc2cc(NS(=O)(=O)c3ccccc3)ccc2O[C@@H]1CN(C)CC1CCCCC1. The Morgan fingerprint density at radius 1 is 1.10 bits per heavy atom. The van der Waals surface area contributed by atoms with E-state index in [0.29, 0.717) is 29.5 Å². The van der Waals surface area contributed by atoms with E-state index in [4.69, 9.17) is 4.74 Å². The molecule has 214 valence electrons. The van der Waals surface area contributed by atoms with E-state index in [-0.39, 0.29) is 41.9 Å². The summed E-state index contributed by atoms with van der Waals surface area (Å²) in [5, 5.41) is 9.88. The summed E-state index contributed by atoms with van der Waals surface area (Å²) < 4.78 is 35.1. The smallest absolute Gasteiger partial charge is 0.261 e. The third kappa shape index (κ3) is 7.74. The van der Waals surface area contributed by atoms with Gasteiger partial charge in [-0.15, -0.1) is 0 Å². The topological polar surface area (TPSA) is 99.2 Å². The number of carbonyl (C=O) groups is 1.